The van der Waals surface area contributed by atoms with E-state index in [1.165, 1.54) is 23.9 Å². The van der Waals surface area contributed by atoms with Crippen LogP contribution in [0.2, 0.25) is 0 Å². The fourth-order valence-electron chi connectivity index (χ4n) is 4.68. The number of sulfone groups is 1. The Kier molecular flexibility index (Phi) is 6.84. The average molecular weight is 502 g/mol. The molecule has 1 amide bonds. The number of carbonyl (C=O) groups is 1. The number of pyridine rings is 1. The molecule has 0 aliphatic heterocycles. The highest BCUT2D eigenvalue weighted by Crippen LogP contribution is 2.32. The lowest BCUT2D eigenvalue weighted by molar-refractivity contribution is -0.133. The number of fused-ring (bicyclic) bond motifs is 1. The van der Waals surface area contributed by atoms with Crippen LogP contribution in [-0.4, -0.2) is 45.6 Å². The fraction of sp³-hybridized carbons (Fsp3) is 0.522. The van der Waals surface area contributed by atoms with Gasteiger partial charge in [0, 0.05) is 6.20 Å². The number of rotatable bonds is 7. The van der Waals surface area contributed by atoms with Gasteiger partial charge in [-0.05, 0) is 37.8 Å². The van der Waals surface area contributed by atoms with Gasteiger partial charge in [-0.3, -0.25) is 15.1 Å². The molecule has 11 heteroatoms. The molecule has 0 radical (unpaired) electrons. The van der Waals surface area contributed by atoms with Crippen LogP contribution in [0.3, 0.4) is 0 Å². The molecule has 1 atom stereocenters. The number of amides is 1. The minimum atomic E-state index is -3.42. The highest BCUT2D eigenvalue weighted by molar-refractivity contribution is 7.92. The van der Waals surface area contributed by atoms with Gasteiger partial charge >= 0.3 is 0 Å². The van der Waals surface area contributed by atoms with Crippen molar-refractivity contribution >= 4 is 42.6 Å². The van der Waals surface area contributed by atoms with Crippen LogP contribution in [0.15, 0.2) is 35.7 Å². The first-order chi connectivity index (χ1) is 16.5. The monoisotopic (exact) mass is 501 g/mol. The molecule has 5 rings (SSSR count). The van der Waals surface area contributed by atoms with Crippen LogP contribution >= 0.6 is 11.3 Å². The molecule has 0 aromatic carbocycles. The summed E-state index contributed by atoms with van der Waals surface area (Å²) in [6, 6.07) is 3.15. The Bertz CT molecular complexity index is 1220. The Morgan fingerprint density at radius 1 is 1.03 bits per heavy atom. The van der Waals surface area contributed by atoms with E-state index in [-0.39, 0.29) is 16.2 Å². The Morgan fingerprint density at radius 3 is 2.50 bits per heavy atom. The average Bonchev–Trinajstić information content (AvgIpc) is 3.53. The highest BCUT2D eigenvalue weighted by Gasteiger charge is 2.32. The third kappa shape index (κ3) is 4.96. The molecule has 2 fully saturated rings. The van der Waals surface area contributed by atoms with E-state index in [1.807, 2.05) is 0 Å². The van der Waals surface area contributed by atoms with Gasteiger partial charge in [0.1, 0.15) is 16.7 Å². The molecule has 0 bridgehead atoms. The van der Waals surface area contributed by atoms with E-state index in [2.05, 4.69) is 25.3 Å². The highest BCUT2D eigenvalue weighted by atomic mass is 32.2. The fourth-order valence-corrected chi connectivity index (χ4v) is 7.26. The van der Waals surface area contributed by atoms with E-state index in [4.69, 9.17) is 4.74 Å². The molecular formula is C23H27N5O4S2. The Balaban J connectivity index is 1.38. The van der Waals surface area contributed by atoms with Crippen molar-refractivity contribution < 1.29 is 17.9 Å². The zero-order valence-corrected chi connectivity index (χ0v) is 20.4. The van der Waals surface area contributed by atoms with E-state index in [0.717, 1.165) is 44.9 Å². The molecule has 0 spiro atoms. The van der Waals surface area contributed by atoms with Gasteiger partial charge in [-0.2, -0.15) is 0 Å². The van der Waals surface area contributed by atoms with Gasteiger partial charge in [0.25, 0.3) is 5.91 Å². The van der Waals surface area contributed by atoms with Crippen LogP contribution in [0.1, 0.15) is 69.6 Å². The standard InChI is InChI=1S/C23H27N5O4S2/c29-21(28-23-27-19-13-24-14-26-22(19)33-23)20(32-15-6-2-1-3-7-15)18-11-10-17(12-25-18)34(30,31)16-8-4-5-9-16/h10-16,20H,1-9H2,(H,27,28,29). The zero-order valence-electron chi connectivity index (χ0n) is 18.7. The molecule has 2 saturated carbocycles. The molecule has 1 unspecified atom stereocenters. The van der Waals surface area contributed by atoms with Crippen molar-refractivity contribution in [3.63, 3.8) is 0 Å². The van der Waals surface area contributed by atoms with Crippen LogP contribution < -0.4 is 5.32 Å². The van der Waals surface area contributed by atoms with Crippen molar-refractivity contribution in [3.8, 4) is 0 Å². The van der Waals surface area contributed by atoms with Gasteiger partial charge in [0.15, 0.2) is 21.1 Å². The van der Waals surface area contributed by atoms with Crippen molar-refractivity contribution in [1.82, 2.24) is 19.9 Å². The van der Waals surface area contributed by atoms with E-state index >= 15 is 0 Å². The van der Waals surface area contributed by atoms with E-state index < -0.39 is 21.8 Å². The molecule has 1 N–H and O–H groups in total. The van der Waals surface area contributed by atoms with E-state index in [1.54, 1.807) is 18.3 Å². The summed E-state index contributed by atoms with van der Waals surface area (Å²) in [6.07, 6.45) is 11.7. The van der Waals surface area contributed by atoms with Crippen molar-refractivity contribution in [1.29, 1.82) is 0 Å². The summed E-state index contributed by atoms with van der Waals surface area (Å²) >= 11 is 1.25. The summed E-state index contributed by atoms with van der Waals surface area (Å²) in [5.74, 6) is -0.392. The number of hydrogen-bond donors (Lipinski definition) is 1. The lowest BCUT2D eigenvalue weighted by Gasteiger charge is -2.26. The molecule has 34 heavy (non-hydrogen) atoms. The summed E-state index contributed by atoms with van der Waals surface area (Å²) in [4.78, 5) is 31.0. The number of hydrogen-bond acceptors (Lipinski definition) is 9. The van der Waals surface area contributed by atoms with Crippen LogP contribution in [0, 0.1) is 0 Å². The molecule has 3 aromatic rings. The number of thiazole rings is 1. The second-order valence-electron chi connectivity index (χ2n) is 8.87. The molecule has 3 aromatic heterocycles. The molecule has 180 valence electrons. The van der Waals surface area contributed by atoms with Gasteiger partial charge in [-0.15, -0.1) is 0 Å². The first-order valence-electron chi connectivity index (χ1n) is 11.7. The smallest absolute Gasteiger partial charge is 0.261 e. The van der Waals surface area contributed by atoms with Crippen LogP contribution in [0.4, 0.5) is 5.13 Å². The van der Waals surface area contributed by atoms with Crippen molar-refractivity contribution in [3.05, 3.63) is 36.5 Å². The summed E-state index contributed by atoms with van der Waals surface area (Å²) in [5, 5.41) is 2.88. The van der Waals surface area contributed by atoms with Gasteiger partial charge < -0.3 is 4.74 Å². The van der Waals surface area contributed by atoms with Gasteiger partial charge in [0.05, 0.1) is 28.1 Å². The van der Waals surface area contributed by atoms with Crippen molar-refractivity contribution in [2.75, 3.05) is 5.32 Å². The molecule has 0 saturated heterocycles. The van der Waals surface area contributed by atoms with Crippen molar-refractivity contribution in [2.24, 2.45) is 0 Å². The Morgan fingerprint density at radius 2 is 1.79 bits per heavy atom. The third-order valence-corrected chi connectivity index (χ3v) is 9.66. The van der Waals surface area contributed by atoms with Crippen LogP contribution in [0.5, 0.6) is 0 Å². The molecule has 9 nitrogen and oxygen atoms in total. The number of carbonyl (C=O) groups excluding carboxylic acids is 1. The normalized spacial score (nSPS) is 18.8. The first kappa shape index (κ1) is 23.3. The maximum atomic E-state index is 13.3. The molecular weight excluding hydrogens is 474 g/mol. The zero-order chi connectivity index (χ0) is 23.5. The minimum Gasteiger partial charge on any atom is -0.359 e. The topological polar surface area (TPSA) is 124 Å². The number of anilines is 1. The summed E-state index contributed by atoms with van der Waals surface area (Å²) in [5.41, 5.74) is 0.987. The predicted octanol–water partition coefficient (Wildman–Crippen LogP) is 4.23. The number of nitrogens with one attached hydrogen (secondary N) is 1. The second kappa shape index (κ2) is 10.0. The number of nitrogens with zero attached hydrogens (tertiary/aromatic N) is 4. The van der Waals surface area contributed by atoms with Crippen LogP contribution in [-0.2, 0) is 19.4 Å². The van der Waals surface area contributed by atoms with E-state index in [9.17, 15) is 13.2 Å². The SMILES string of the molecule is O=C(Nc1nc2cncnc2s1)C(OC1CCCCC1)c1ccc(S(=O)(=O)C2CCCC2)cn1. The number of ether oxygens (including phenoxy) is 1. The lowest BCUT2D eigenvalue weighted by Crippen LogP contribution is -2.29. The quantitative estimate of drug-likeness (QED) is 0.510. The lowest BCUT2D eigenvalue weighted by atomic mass is 9.97. The van der Waals surface area contributed by atoms with Crippen molar-refractivity contribution in [2.45, 2.75) is 80.1 Å². The third-order valence-electron chi connectivity index (χ3n) is 6.52. The largest absolute Gasteiger partial charge is 0.359 e. The molecule has 3 heterocycles. The number of aromatic nitrogens is 4. The summed E-state index contributed by atoms with van der Waals surface area (Å²) in [7, 11) is -3.42. The minimum absolute atomic E-state index is 0.0468. The Hall–Kier alpha value is -2.50. The molecule has 2 aliphatic carbocycles. The maximum absolute atomic E-state index is 13.3. The van der Waals surface area contributed by atoms with Crippen LogP contribution in [0.25, 0.3) is 10.3 Å². The van der Waals surface area contributed by atoms with Gasteiger partial charge in [-0.1, -0.05) is 43.4 Å². The molecule has 2 aliphatic rings. The maximum Gasteiger partial charge on any atom is 0.261 e. The van der Waals surface area contributed by atoms with E-state index in [0.29, 0.717) is 34.0 Å². The first-order valence-corrected chi connectivity index (χ1v) is 14.1. The predicted molar refractivity (Wildman–Crippen MR) is 128 cm³/mol. The Labute approximate surface area is 202 Å². The second-order valence-corrected chi connectivity index (χ2v) is 12.1. The van der Waals surface area contributed by atoms with Gasteiger partial charge in [0.2, 0.25) is 0 Å². The summed E-state index contributed by atoms with van der Waals surface area (Å²) in [6.45, 7) is 0. The van der Waals surface area contributed by atoms with Gasteiger partial charge in [-0.25, -0.2) is 23.4 Å². The summed E-state index contributed by atoms with van der Waals surface area (Å²) < 4.78 is 32.1.